The maximum Gasteiger partial charge on any atom is 0.329 e. The fourth-order valence-corrected chi connectivity index (χ4v) is 5.04. The van der Waals surface area contributed by atoms with Crippen LogP contribution < -0.4 is 10.6 Å². The molecule has 0 aromatic carbocycles. The zero-order valence-electron chi connectivity index (χ0n) is 16.0. The molecule has 2 N–H and O–H groups in total. The average Bonchev–Trinajstić information content (AvgIpc) is 2.58. The lowest BCUT2D eigenvalue weighted by Gasteiger charge is -2.26. The monoisotopic (exact) mass is 404 g/mol. The van der Waals surface area contributed by atoms with Crippen molar-refractivity contribution < 1.29 is 19.1 Å². The smallest absolute Gasteiger partial charge is 0.329 e. The first-order valence-corrected chi connectivity index (χ1v) is 12.0. The van der Waals surface area contributed by atoms with E-state index in [9.17, 15) is 14.4 Å². The second kappa shape index (κ2) is 13.3. The van der Waals surface area contributed by atoms with E-state index in [1.807, 2.05) is 0 Å². The Morgan fingerprint density at radius 1 is 1.15 bits per heavy atom. The molecule has 0 bridgehead atoms. The molecule has 3 atom stereocenters. The molecule has 0 saturated carbocycles. The summed E-state index contributed by atoms with van der Waals surface area (Å²) in [6, 6.07) is -1.30. The Morgan fingerprint density at radius 3 is 2.54 bits per heavy atom. The van der Waals surface area contributed by atoms with E-state index in [2.05, 4.69) is 24.5 Å². The van der Waals surface area contributed by atoms with Gasteiger partial charge >= 0.3 is 5.97 Å². The van der Waals surface area contributed by atoms with Gasteiger partial charge in [-0.1, -0.05) is 61.1 Å². The summed E-state index contributed by atoms with van der Waals surface area (Å²) in [4.78, 5) is 36.1. The maximum atomic E-state index is 12.6. The Labute approximate surface area is 164 Å². The largest absolute Gasteiger partial charge is 0.461 e. The van der Waals surface area contributed by atoms with Crippen LogP contribution in [-0.2, 0) is 19.1 Å². The number of hydrogen-bond donors (Lipinski definition) is 2. The zero-order chi connectivity index (χ0) is 19.4. The molecule has 0 spiro atoms. The van der Waals surface area contributed by atoms with Gasteiger partial charge in [0.1, 0.15) is 18.2 Å². The van der Waals surface area contributed by atoms with Gasteiger partial charge in [0.2, 0.25) is 11.8 Å². The van der Waals surface area contributed by atoms with Crippen molar-refractivity contribution in [3.05, 3.63) is 0 Å². The standard InChI is InChI=1S/C18H32N2O4S2/c1-4-6-7-8-10-14(9-5-2)24-18(23)16-12-26-25-11-15(17(22)20-16)19-13(3)21/h14-16H,4-12H2,1-3H3,(H,19,21)(H,20,22). The van der Waals surface area contributed by atoms with Crippen LogP contribution in [0.4, 0.5) is 0 Å². The fourth-order valence-electron chi connectivity index (χ4n) is 2.73. The molecule has 1 saturated heterocycles. The van der Waals surface area contributed by atoms with Crippen molar-refractivity contribution in [3.63, 3.8) is 0 Å². The van der Waals surface area contributed by atoms with E-state index in [0.717, 1.165) is 32.1 Å². The quantitative estimate of drug-likeness (QED) is 0.331. The summed E-state index contributed by atoms with van der Waals surface area (Å²) >= 11 is 0. The number of ether oxygens (including phenoxy) is 1. The number of unbranched alkanes of at least 4 members (excludes halogenated alkanes) is 3. The van der Waals surface area contributed by atoms with Crippen LogP contribution in [0.15, 0.2) is 0 Å². The highest BCUT2D eigenvalue weighted by atomic mass is 33.1. The van der Waals surface area contributed by atoms with Crippen LogP contribution >= 0.6 is 21.6 Å². The minimum atomic E-state index is -0.674. The summed E-state index contributed by atoms with van der Waals surface area (Å²) in [6.45, 7) is 5.63. The Kier molecular flexibility index (Phi) is 11.8. The Morgan fingerprint density at radius 2 is 1.88 bits per heavy atom. The van der Waals surface area contributed by atoms with E-state index < -0.39 is 12.1 Å². The summed E-state index contributed by atoms with van der Waals surface area (Å²) in [5.74, 6) is -0.0101. The summed E-state index contributed by atoms with van der Waals surface area (Å²) in [5, 5.41) is 5.36. The minimum Gasteiger partial charge on any atom is -0.461 e. The number of carbonyl (C=O) groups is 3. The lowest BCUT2D eigenvalue weighted by molar-refractivity contribution is -0.153. The molecule has 0 aromatic rings. The molecule has 150 valence electrons. The maximum absolute atomic E-state index is 12.6. The zero-order valence-corrected chi connectivity index (χ0v) is 17.7. The van der Waals surface area contributed by atoms with Gasteiger partial charge in [0.15, 0.2) is 0 Å². The Hall–Kier alpha value is -0.890. The van der Waals surface area contributed by atoms with Crippen LogP contribution in [0, 0.1) is 0 Å². The van der Waals surface area contributed by atoms with E-state index >= 15 is 0 Å². The highest BCUT2D eigenvalue weighted by Crippen LogP contribution is 2.25. The van der Waals surface area contributed by atoms with Gasteiger partial charge in [-0.3, -0.25) is 9.59 Å². The van der Waals surface area contributed by atoms with Gasteiger partial charge in [-0.05, 0) is 19.3 Å². The van der Waals surface area contributed by atoms with Crippen LogP contribution in [0.25, 0.3) is 0 Å². The SMILES string of the molecule is CCCCCCC(CCC)OC(=O)C1CSSCC(NC(C)=O)C(=O)N1. The first-order valence-electron chi connectivity index (χ1n) is 9.50. The predicted octanol–water partition coefficient (Wildman–Crippen LogP) is 3.05. The molecule has 0 radical (unpaired) electrons. The minimum absolute atomic E-state index is 0.0875. The molecule has 2 amide bonds. The van der Waals surface area contributed by atoms with Crippen LogP contribution in [0.3, 0.4) is 0 Å². The third kappa shape index (κ3) is 9.16. The molecule has 1 fully saturated rings. The molecular formula is C18H32N2O4S2. The Bertz CT molecular complexity index is 462. The normalized spacial score (nSPS) is 21.9. The molecule has 1 aliphatic heterocycles. The van der Waals surface area contributed by atoms with Crippen molar-refractivity contribution in [1.82, 2.24) is 10.6 Å². The first kappa shape index (κ1) is 23.1. The first-order chi connectivity index (χ1) is 12.5. The highest BCUT2D eigenvalue weighted by Gasteiger charge is 2.30. The molecule has 26 heavy (non-hydrogen) atoms. The molecule has 3 unspecified atom stereocenters. The number of amides is 2. The third-order valence-electron chi connectivity index (χ3n) is 4.12. The van der Waals surface area contributed by atoms with E-state index in [1.54, 1.807) is 0 Å². The van der Waals surface area contributed by atoms with Crippen molar-refractivity contribution in [2.45, 2.75) is 83.9 Å². The van der Waals surface area contributed by atoms with Crippen LogP contribution in [0.2, 0.25) is 0 Å². The molecule has 0 aromatic heterocycles. The van der Waals surface area contributed by atoms with Crippen molar-refractivity contribution in [2.24, 2.45) is 0 Å². The Balaban J connectivity index is 2.58. The summed E-state index contributed by atoms with van der Waals surface area (Å²) < 4.78 is 5.71. The second-order valence-corrected chi connectivity index (χ2v) is 9.13. The van der Waals surface area contributed by atoms with E-state index in [-0.39, 0.29) is 23.9 Å². The van der Waals surface area contributed by atoms with Crippen LogP contribution in [0.1, 0.15) is 65.7 Å². The lowest BCUT2D eigenvalue weighted by Crippen LogP contribution is -2.54. The van der Waals surface area contributed by atoms with Gasteiger partial charge in [0, 0.05) is 18.4 Å². The summed E-state index contributed by atoms with van der Waals surface area (Å²) in [5.41, 5.74) is 0. The van der Waals surface area contributed by atoms with Crippen molar-refractivity contribution in [1.29, 1.82) is 0 Å². The number of hydrogen-bond acceptors (Lipinski definition) is 6. The summed E-state index contributed by atoms with van der Waals surface area (Å²) in [7, 11) is 3.00. The van der Waals surface area contributed by atoms with Crippen molar-refractivity contribution >= 4 is 39.4 Å². The number of nitrogens with one attached hydrogen (secondary N) is 2. The predicted molar refractivity (Wildman–Crippen MR) is 108 cm³/mol. The van der Waals surface area contributed by atoms with Gasteiger partial charge in [0.05, 0.1) is 0 Å². The van der Waals surface area contributed by atoms with Gasteiger partial charge < -0.3 is 15.4 Å². The van der Waals surface area contributed by atoms with Gasteiger partial charge in [-0.15, -0.1) is 0 Å². The molecule has 1 rings (SSSR count). The van der Waals surface area contributed by atoms with E-state index in [4.69, 9.17) is 4.74 Å². The van der Waals surface area contributed by atoms with Gasteiger partial charge in [0.25, 0.3) is 0 Å². The molecule has 0 aliphatic carbocycles. The molecule has 1 aliphatic rings. The fraction of sp³-hybridized carbons (Fsp3) is 0.833. The second-order valence-electron chi connectivity index (χ2n) is 6.58. The molecule has 6 nitrogen and oxygen atoms in total. The van der Waals surface area contributed by atoms with Crippen molar-refractivity contribution in [3.8, 4) is 0 Å². The van der Waals surface area contributed by atoms with Crippen LogP contribution in [-0.4, -0.2) is 47.5 Å². The third-order valence-corrected chi connectivity index (χ3v) is 6.54. The van der Waals surface area contributed by atoms with Crippen LogP contribution in [0.5, 0.6) is 0 Å². The van der Waals surface area contributed by atoms with Gasteiger partial charge in [-0.25, -0.2) is 4.79 Å². The van der Waals surface area contributed by atoms with Gasteiger partial charge in [-0.2, -0.15) is 0 Å². The number of esters is 1. The van der Waals surface area contributed by atoms with E-state index in [0.29, 0.717) is 11.5 Å². The highest BCUT2D eigenvalue weighted by molar-refractivity contribution is 8.76. The van der Waals surface area contributed by atoms with Crippen molar-refractivity contribution in [2.75, 3.05) is 11.5 Å². The topological polar surface area (TPSA) is 84.5 Å². The molecule has 8 heteroatoms. The number of carbonyl (C=O) groups excluding carboxylic acids is 3. The summed E-state index contributed by atoms with van der Waals surface area (Å²) in [6.07, 6.45) is 7.16. The number of rotatable bonds is 10. The molecular weight excluding hydrogens is 372 g/mol. The van der Waals surface area contributed by atoms with E-state index in [1.165, 1.54) is 41.4 Å². The molecule has 1 heterocycles. The lowest BCUT2D eigenvalue weighted by atomic mass is 10.1. The average molecular weight is 405 g/mol.